The Kier molecular flexibility index (Phi) is 3.13. The molecule has 20 heavy (non-hydrogen) atoms. The second-order valence-electron chi connectivity index (χ2n) is 6.73. The minimum absolute atomic E-state index is 0.226. The first-order valence-electron chi connectivity index (χ1n) is 7.44. The third-order valence-corrected chi connectivity index (χ3v) is 4.53. The summed E-state index contributed by atoms with van der Waals surface area (Å²) in [6.45, 7) is 8.27. The van der Waals surface area contributed by atoms with E-state index in [0.29, 0.717) is 19.1 Å². The van der Waals surface area contributed by atoms with E-state index in [2.05, 4.69) is 32.9 Å². The second-order valence-corrected chi connectivity index (χ2v) is 6.73. The van der Waals surface area contributed by atoms with Gasteiger partial charge in [-0.1, -0.05) is 24.3 Å². The summed E-state index contributed by atoms with van der Waals surface area (Å²) in [4.78, 5) is 15.0. The molecule has 1 amide bonds. The molecular weight excluding hydrogens is 250 g/mol. The molecule has 1 saturated heterocycles. The highest BCUT2D eigenvalue weighted by Crippen LogP contribution is 2.50. The molecule has 0 spiro atoms. The smallest absolute Gasteiger partial charge is 0.233 e. The molecule has 1 aromatic rings. The van der Waals surface area contributed by atoms with Crippen LogP contribution in [0.15, 0.2) is 24.3 Å². The molecule has 1 heterocycles. The number of benzene rings is 1. The number of aryl methyl sites for hydroxylation is 1. The van der Waals surface area contributed by atoms with E-state index < -0.39 is 0 Å². The first kappa shape index (κ1) is 13.6. The molecule has 1 aromatic carbocycles. The van der Waals surface area contributed by atoms with Gasteiger partial charge in [0, 0.05) is 13.1 Å². The third-order valence-electron chi connectivity index (χ3n) is 4.53. The maximum Gasteiger partial charge on any atom is 0.233 e. The van der Waals surface area contributed by atoms with Crippen molar-refractivity contribution in [3.8, 4) is 0 Å². The van der Waals surface area contributed by atoms with E-state index in [1.165, 1.54) is 11.1 Å². The Bertz CT molecular complexity index is 532. The molecule has 1 aliphatic carbocycles. The lowest BCUT2D eigenvalue weighted by atomic mass is 9.90. The van der Waals surface area contributed by atoms with Crippen LogP contribution in [0.4, 0.5) is 0 Å². The Morgan fingerprint density at radius 3 is 2.55 bits per heavy atom. The molecule has 3 heteroatoms. The topological polar surface area (TPSA) is 29.5 Å². The molecule has 0 radical (unpaired) electrons. The molecule has 3 rings (SSSR count). The van der Waals surface area contributed by atoms with Crippen molar-refractivity contribution in [2.75, 3.05) is 19.7 Å². The second kappa shape index (κ2) is 4.59. The van der Waals surface area contributed by atoms with E-state index >= 15 is 0 Å². The minimum atomic E-state index is -0.251. The van der Waals surface area contributed by atoms with Gasteiger partial charge in [-0.15, -0.1) is 0 Å². The normalized spacial score (nSPS) is 23.4. The van der Waals surface area contributed by atoms with Crippen LogP contribution in [0.1, 0.15) is 37.8 Å². The maximum atomic E-state index is 13.0. The van der Waals surface area contributed by atoms with Gasteiger partial charge < -0.3 is 9.64 Å². The molecule has 108 valence electrons. The Labute approximate surface area is 120 Å². The molecule has 0 atom stereocenters. The highest BCUT2D eigenvalue weighted by atomic mass is 16.5. The zero-order valence-corrected chi connectivity index (χ0v) is 12.6. The third kappa shape index (κ3) is 2.24. The zero-order valence-electron chi connectivity index (χ0n) is 12.6. The van der Waals surface area contributed by atoms with E-state index in [-0.39, 0.29) is 11.0 Å². The lowest BCUT2D eigenvalue weighted by molar-refractivity contribution is -0.148. The van der Waals surface area contributed by atoms with Gasteiger partial charge in [0.2, 0.25) is 5.91 Å². The number of carbonyl (C=O) groups is 1. The lowest BCUT2D eigenvalue weighted by Gasteiger charge is -2.40. The number of nitrogens with zero attached hydrogens (tertiary/aromatic N) is 1. The molecule has 3 nitrogen and oxygen atoms in total. The highest BCUT2D eigenvalue weighted by Gasteiger charge is 2.54. The molecule has 1 aliphatic heterocycles. The Balaban J connectivity index is 1.85. The van der Waals surface area contributed by atoms with Crippen molar-refractivity contribution in [3.63, 3.8) is 0 Å². The molecule has 0 unspecified atom stereocenters. The fraction of sp³-hybridized carbons (Fsp3) is 0.588. The van der Waals surface area contributed by atoms with Crippen LogP contribution in [-0.2, 0) is 14.9 Å². The molecular formula is C17H23NO2. The van der Waals surface area contributed by atoms with Crippen LogP contribution in [-0.4, -0.2) is 36.1 Å². The van der Waals surface area contributed by atoms with Crippen molar-refractivity contribution in [3.05, 3.63) is 35.4 Å². The molecule has 2 fully saturated rings. The van der Waals surface area contributed by atoms with Crippen LogP contribution in [0.2, 0.25) is 0 Å². The monoisotopic (exact) mass is 273 g/mol. The van der Waals surface area contributed by atoms with Crippen molar-refractivity contribution in [1.29, 1.82) is 0 Å². The van der Waals surface area contributed by atoms with Gasteiger partial charge in [-0.2, -0.15) is 0 Å². The van der Waals surface area contributed by atoms with E-state index in [4.69, 9.17) is 4.74 Å². The first-order valence-corrected chi connectivity index (χ1v) is 7.44. The quantitative estimate of drug-likeness (QED) is 0.829. The predicted molar refractivity (Wildman–Crippen MR) is 78.7 cm³/mol. The number of rotatable bonds is 2. The summed E-state index contributed by atoms with van der Waals surface area (Å²) in [7, 11) is 0. The standard InChI is InChI=1S/C17H23NO2/c1-13-6-4-5-7-14(13)17(8-9-17)15(19)18-10-11-20-16(2,3)12-18/h4-7H,8-12H2,1-3H3. The number of hydrogen-bond donors (Lipinski definition) is 0. The SMILES string of the molecule is Cc1ccccc1C1(C(=O)N2CCOC(C)(C)C2)CC1. The van der Waals surface area contributed by atoms with Gasteiger partial charge in [-0.3, -0.25) is 4.79 Å². The minimum Gasteiger partial charge on any atom is -0.372 e. The zero-order chi connectivity index (χ0) is 14.4. The van der Waals surface area contributed by atoms with E-state index in [1.807, 2.05) is 17.0 Å². The van der Waals surface area contributed by atoms with Gasteiger partial charge in [0.1, 0.15) is 0 Å². The Morgan fingerprint density at radius 2 is 1.95 bits per heavy atom. The van der Waals surface area contributed by atoms with Gasteiger partial charge in [0.05, 0.1) is 17.6 Å². The lowest BCUT2D eigenvalue weighted by Crippen LogP contribution is -2.53. The molecule has 0 N–H and O–H groups in total. The van der Waals surface area contributed by atoms with Gasteiger partial charge in [0.15, 0.2) is 0 Å². The maximum absolute atomic E-state index is 13.0. The Morgan fingerprint density at radius 1 is 1.25 bits per heavy atom. The van der Waals surface area contributed by atoms with Crippen LogP contribution in [0.5, 0.6) is 0 Å². The van der Waals surface area contributed by atoms with Crippen molar-refractivity contribution < 1.29 is 9.53 Å². The van der Waals surface area contributed by atoms with Gasteiger partial charge in [0.25, 0.3) is 0 Å². The summed E-state index contributed by atoms with van der Waals surface area (Å²) in [6, 6.07) is 8.30. The Hall–Kier alpha value is -1.35. The average Bonchev–Trinajstić information content (AvgIpc) is 3.18. The number of hydrogen-bond acceptors (Lipinski definition) is 2. The number of amides is 1. The van der Waals surface area contributed by atoms with Crippen molar-refractivity contribution in [2.24, 2.45) is 0 Å². The fourth-order valence-electron chi connectivity index (χ4n) is 3.33. The van der Waals surface area contributed by atoms with Crippen molar-refractivity contribution >= 4 is 5.91 Å². The molecule has 2 aliphatic rings. The van der Waals surface area contributed by atoms with Crippen molar-refractivity contribution in [1.82, 2.24) is 4.90 Å². The largest absolute Gasteiger partial charge is 0.372 e. The van der Waals surface area contributed by atoms with Crippen LogP contribution in [0.3, 0.4) is 0 Å². The number of carbonyl (C=O) groups excluding carboxylic acids is 1. The summed E-state index contributed by atoms with van der Waals surface area (Å²) in [5.41, 5.74) is 1.97. The average molecular weight is 273 g/mol. The van der Waals surface area contributed by atoms with Gasteiger partial charge in [-0.25, -0.2) is 0 Å². The van der Waals surface area contributed by atoms with Crippen LogP contribution < -0.4 is 0 Å². The number of ether oxygens (including phenoxy) is 1. The predicted octanol–water partition coefficient (Wildman–Crippen LogP) is 2.66. The molecule has 0 aromatic heterocycles. The van der Waals surface area contributed by atoms with Crippen LogP contribution >= 0.6 is 0 Å². The first-order chi connectivity index (χ1) is 9.45. The van der Waals surface area contributed by atoms with Crippen LogP contribution in [0, 0.1) is 6.92 Å². The van der Waals surface area contributed by atoms with Crippen LogP contribution in [0.25, 0.3) is 0 Å². The van der Waals surface area contributed by atoms with Gasteiger partial charge in [-0.05, 0) is 44.7 Å². The van der Waals surface area contributed by atoms with E-state index in [0.717, 1.165) is 19.4 Å². The summed E-state index contributed by atoms with van der Waals surface area (Å²) in [5.74, 6) is 0.295. The summed E-state index contributed by atoms with van der Waals surface area (Å²) in [6.07, 6.45) is 1.96. The molecule has 1 saturated carbocycles. The van der Waals surface area contributed by atoms with E-state index in [1.54, 1.807) is 0 Å². The fourth-order valence-corrected chi connectivity index (χ4v) is 3.33. The summed E-state index contributed by atoms with van der Waals surface area (Å²) in [5, 5.41) is 0. The van der Waals surface area contributed by atoms with E-state index in [9.17, 15) is 4.79 Å². The molecule has 0 bridgehead atoms. The van der Waals surface area contributed by atoms with Gasteiger partial charge >= 0.3 is 0 Å². The van der Waals surface area contributed by atoms with Crippen molar-refractivity contribution in [2.45, 2.75) is 44.6 Å². The number of morpholine rings is 1. The highest BCUT2D eigenvalue weighted by molar-refractivity contribution is 5.91. The summed E-state index contributed by atoms with van der Waals surface area (Å²) >= 11 is 0. The summed E-state index contributed by atoms with van der Waals surface area (Å²) < 4.78 is 5.71.